The van der Waals surface area contributed by atoms with Crippen molar-refractivity contribution in [2.75, 3.05) is 24.9 Å². The molecule has 10 heteroatoms. The maximum absolute atomic E-state index is 13.3. The Hall–Kier alpha value is -6.94. The van der Waals surface area contributed by atoms with E-state index in [-0.39, 0.29) is 22.5 Å². The summed E-state index contributed by atoms with van der Waals surface area (Å²) in [5, 5.41) is 11.0. The van der Waals surface area contributed by atoms with Crippen LogP contribution in [-0.2, 0) is 9.59 Å². The Morgan fingerprint density at radius 2 is 0.800 bits per heavy atom. The number of ether oxygens (including phenoxy) is 2. The molecule has 0 saturated carbocycles. The Morgan fingerprint density at radius 1 is 0.460 bits per heavy atom. The first-order chi connectivity index (χ1) is 24.3. The molecule has 0 unspecified atom stereocenters. The minimum atomic E-state index is -0.562. The van der Waals surface area contributed by atoms with E-state index in [2.05, 4.69) is 21.3 Å². The molecule has 0 aromatic heterocycles. The van der Waals surface area contributed by atoms with E-state index in [1.165, 1.54) is 24.3 Å². The molecule has 10 nitrogen and oxygen atoms in total. The average molecular weight is 667 g/mol. The zero-order chi connectivity index (χ0) is 35.3. The molecule has 5 aromatic carbocycles. The first kappa shape index (κ1) is 34.4. The smallest absolute Gasteiger partial charge is 0.272 e. The van der Waals surface area contributed by atoms with E-state index in [1.807, 2.05) is 36.4 Å². The molecule has 0 saturated heterocycles. The number of benzene rings is 5. The Balaban J connectivity index is 1.31. The lowest BCUT2D eigenvalue weighted by atomic mass is 10.1. The quantitative estimate of drug-likeness (QED) is 0.112. The maximum atomic E-state index is 13.3. The van der Waals surface area contributed by atoms with E-state index in [1.54, 1.807) is 99.2 Å². The molecule has 0 radical (unpaired) electrons. The van der Waals surface area contributed by atoms with Crippen LogP contribution in [0.25, 0.3) is 12.2 Å². The monoisotopic (exact) mass is 666 g/mol. The molecule has 0 fully saturated rings. The Morgan fingerprint density at radius 3 is 1.12 bits per heavy atom. The summed E-state index contributed by atoms with van der Waals surface area (Å²) in [4.78, 5) is 53.2. The highest BCUT2D eigenvalue weighted by Crippen LogP contribution is 2.18. The largest absolute Gasteiger partial charge is 0.497 e. The zero-order valence-corrected chi connectivity index (χ0v) is 27.3. The minimum Gasteiger partial charge on any atom is -0.497 e. The number of hydrogen-bond donors (Lipinski definition) is 4. The van der Waals surface area contributed by atoms with E-state index < -0.39 is 23.6 Å². The van der Waals surface area contributed by atoms with E-state index in [0.29, 0.717) is 34.0 Å². The summed E-state index contributed by atoms with van der Waals surface area (Å²) >= 11 is 0. The van der Waals surface area contributed by atoms with Gasteiger partial charge in [0.2, 0.25) is 0 Å². The second kappa shape index (κ2) is 16.8. The van der Waals surface area contributed by atoms with Crippen molar-refractivity contribution in [3.63, 3.8) is 0 Å². The molecule has 0 bridgehead atoms. The fourth-order valence-corrected chi connectivity index (χ4v) is 4.66. The Labute approximate surface area is 289 Å². The maximum Gasteiger partial charge on any atom is 0.272 e. The first-order valence-corrected chi connectivity index (χ1v) is 15.5. The van der Waals surface area contributed by atoms with Gasteiger partial charge in [-0.25, -0.2) is 0 Å². The highest BCUT2D eigenvalue weighted by Gasteiger charge is 2.18. The van der Waals surface area contributed by atoms with E-state index in [4.69, 9.17) is 9.47 Å². The molecule has 250 valence electrons. The molecule has 5 rings (SSSR count). The number of amides is 4. The predicted octanol–water partition coefficient (Wildman–Crippen LogP) is 6.52. The van der Waals surface area contributed by atoms with Gasteiger partial charge in [0.05, 0.1) is 14.2 Å². The van der Waals surface area contributed by atoms with E-state index >= 15 is 0 Å². The highest BCUT2D eigenvalue weighted by molar-refractivity contribution is 6.12. The Bertz CT molecular complexity index is 1860. The van der Waals surface area contributed by atoms with Crippen LogP contribution in [0, 0.1) is 0 Å². The molecule has 0 aliphatic heterocycles. The normalized spacial score (nSPS) is 11.2. The summed E-state index contributed by atoms with van der Waals surface area (Å²) < 4.78 is 10.4. The van der Waals surface area contributed by atoms with E-state index in [0.717, 1.165) is 0 Å². The summed E-state index contributed by atoms with van der Waals surface area (Å²) in [6.45, 7) is 0. The number of rotatable bonds is 12. The third kappa shape index (κ3) is 9.55. The molecule has 0 heterocycles. The second-order valence-electron chi connectivity index (χ2n) is 10.8. The van der Waals surface area contributed by atoms with Crippen LogP contribution in [0.1, 0.15) is 31.8 Å². The van der Waals surface area contributed by atoms with Crippen LogP contribution in [0.3, 0.4) is 0 Å². The summed E-state index contributed by atoms with van der Waals surface area (Å²) in [5.74, 6) is -0.925. The Kier molecular flexibility index (Phi) is 11.5. The number of methoxy groups -OCH3 is 2. The second-order valence-corrected chi connectivity index (χ2v) is 10.8. The van der Waals surface area contributed by atoms with Gasteiger partial charge in [-0.1, -0.05) is 60.7 Å². The minimum absolute atomic E-state index is 0.0115. The number of carbonyl (C=O) groups is 4. The van der Waals surface area contributed by atoms with Crippen molar-refractivity contribution in [2.24, 2.45) is 0 Å². The van der Waals surface area contributed by atoms with Gasteiger partial charge >= 0.3 is 0 Å². The van der Waals surface area contributed by atoms with Crippen LogP contribution in [0.4, 0.5) is 11.4 Å². The number of carbonyl (C=O) groups excluding carboxylic acids is 4. The van der Waals surface area contributed by atoms with Crippen LogP contribution in [0.2, 0.25) is 0 Å². The molecule has 0 aliphatic carbocycles. The standard InChI is InChI=1S/C40H34N4O6/c1-49-33-21-17-31(18-22-33)41-39(47)35(25-27-9-5-3-6-10-27)43-37(45)29-13-15-30(16-14-29)38(46)44-36(26-28-11-7-4-8-12-28)40(48)42-32-19-23-34(50-2)24-20-32/h3-26H,1-2H3,(H,41,47)(H,42,48)(H,43,45)(H,44,46)/b35-25+,36-26+. The van der Waals surface area contributed by atoms with Crippen molar-refractivity contribution in [1.29, 1.82) is 0 Å². The van der Waals surface area contributed by atoms with Gasteiger partial charge in [0.1, 0.15) is 22.9 Å². The number of nitrogens with one attached hydrogen (secondary N) is 4. The fourth-order valence-electron chi connectivity index (χ4n) is 4.66. The first-order valence-electron chi connectivity index (χ1n) is 15.5. The topological polar surface area (TPSA) is 135 Å². The van der Waals surface area contributed by atoms with Crippen LogP contribution >= 0.6 is 0 Å². The SMILES string of the molecule is COc1ccc(NC(=O)/C(=C\c2ccccc2)NC(=O)c2ccc(C(=O)N/C(=C/c3ccccc3)C(=O)Nc3ccc(OC)cc3)cc2)cc1. The lowest BCUT2D eigenvalue weighted by Crippen LogP contribution is -2.31. The van der Waals surface area contributed by atoms with Gasteiger partial charge in [-0.2, -0.15) is 0 Å². The van der Waals surface area contributed by atoms with Crippen LogP contribution in [0.15, 0.2) is 145 Å². The van der Waals surface area contributed by atoms with Crippen molar-refractivity contribution in [3.05, 3.63) is 167 Å². The fraction of sp³-hybridized carbons (Fsp3) is 0.0500. The lowest BCUT2D eigenvalue weighted by molar-refractivity contribution is -0.113. The molecular formula is C40H34N4O6. The van der Waals surface area contributed by atoms with Crippen molar-refractivity contribution >= 4 is 47.2 Å². The van der Waals surface area contributed by atoms with Crippen molar-refractivity contribution < 1.29 is 28.7 Å². The van der Waals surface area contributed by atoms with Gasteiger partial charge in [-0.05, 0) is 96.1 Å². The van der Waals surface area contributed by atoms with Gasteiger partial charge in [0.15, 0.2) is 0 Å². The molecule has 0 aliphatic rings. The predicted molar refractivity (Wildman–Crippen MR) is 193 cm³/mol. The van der Waals surface area contributed by atoms with Gasteiger partial charge < -0.3 is 30.7 Å². The molecular weight excluding hydrogens is 632 g/mol. The molecule has 0 spiro atoms. The summed E-state index contributed by atoms with van der Waals surface area (Å²) in [7, 11) is 3.10. The zero-order valence-electron chi connectivity index (χ0n) is 27.3. The van der Waals surface area contributed by atoms with Crippen LogP contribution in [0.5, 0.6) is 11.5 Å². The van der Waals surface area contributed by atoms with Gasteiger partial charge in [0, 0.05) is 22.5 Å². The van der Waals surface area contributed by atoms with E-state index in [9.17, 15) is 19.2 Å². The van der Waals surface area contributed by atoms with Crippen molar-refractivity contribution in [3.8, 4) is 11.5 Å². The lowest BCUT2D eigenvalue weighted by Gasteiger charge is -2.13. The van der Waals surface area contributed by atoms with Crippen molar-refractivity contribution in [2.45, 2.75) is 0 Å². The van der Waals surface area contributed by atoms with Crippen molar-refractivity contribution in [1.82, 2.24) is 10.6 Å². The number of anilines is 2. The summed E-state index contributed by atoms with van der Waals surface area (Å²) in [5.41, 5.74) is 2.86. The molecule has 50 heavy (non-hydrogen) atoms. The third-order valence-electron chi connectivity index (χ3n) is 7.31. The summed E-state index contributed by atoms with van der Waals surface area (Å²) in [6, 6.07) is 37.6. The van der Waals surface area contributed by atoms with Gasteiger partial charge in [-0.15, -0.1) is 0 Å². The van der Waals surface area contributed by atoms with Gasteiger partial charge in [-0.3, -0.25) is 19.2 Å². The van der Waals surface area contributed by atoms with Crippen LogP contribution < -0.4 is 30.7 Å². The highest BCUT2D eigenvalue weighted by atomic mass is 16.5. The van der Waals surface area contributed by atoms with Gasteiger partial charge in [0.25, 0.3) is 23.6 Å². The molecule has 0 atom stereocenters. The third-order valence-corrected chi connectivity index (χ3v) is 7.31. The molecule has 5 aromatic rings. The molecule has 4 N–H and O–H groups in total. The summed E-state index contributed by atoms with van der Waals surface area (Å²) in [6.07, 6.45) is 3.13. The van der Waals surface area contributed by atoms with Crippen LogP contribution in [-0.4, -0.2) is 37.8 Å². The average Bonchev–Trinajstić information content (AvgIpc) is 3.15. The number of hydrogen-bond acceptors (Lipinski definition) is 6. The molecule has 4 amide bonds.